The number of benzene rings is 1. The summed E-state index contributed by atoms with van der Waals surface area (Å²) >= 11 is 2.17. The standard InChI is InChI=1S/C13H12INO2/c1-13(2,3)8-6-9-10(12(14)15-17-9)11-7(8)4-5-16-11/h4-6H,1-3H3. The summed E-state index contributed by atoms with van der Waals surface area (Å²) in [6, 6.07) is 4.08. The molecule has 2 heterocycles. The van der Waals surface area contributed by atoms with Gasteiger partial charge in [0.25, 0.3) is 0 Å². The van der Waals surface area contributed by atoms with Crippen molar-refractivity contribution in [3.05, 3.63) is 27.7 Å². The van der Waals surface area contributed by atoms with Crippen molar-refractivity contribution in [3.63, 3.8) is 0 Å². The van der Waals surface area contributed by atoms with E-state index < -0.39 is 0 Å². The maximum Gasteiger partial charge on any atom is 0.172 e. The topological polar surface area (TPSA) is 39.2 Å². The molecular weight excluding hydrogens is 329 g/mol. The Morgan fingerprint density at radius 1 is 1.29 bits per heavy atom. The molecule has 0 radical (unpaired) electrons. The lowest BCUT2D eigenvalue weighted by Crippen LogP contribution is -2.11. The van der Waals surface area contributed by atoms with Crippen LogP contribution in [0.1, 0.15) is 26.3 Å². The quantitative estimate of drug-likeness (QED) is 0.566. The predicted octanol–water partition coefficient (Wildman–Crippen LogP) is 4.48. The summed E-state index contributed by atoms with van der Waals surface area (Å²) in [5.74, 6) is 0. The van der Waals surface area contributed by atoms with Gasteiger partial charge in [-0.2, -0.15) is 0 Å². The number of furan rings is 1. The van der Waals surface area contributed by atoms with Gasteiger partial charge in [0.1, 0.15) is 5.58 Å². The van der Waals surface area contributed by atoms with E-state index in [2.05, 4.69) is 54.6 Å². The zero-order valence-electron chi connectivity index (χ0n) is 9.87. The lowest BCUT2D eigenvalue weighted by molar-refractivity contribution is 0.450. The van der Waals surface area contributed by atoms with Crippen LogP contribution in [0.4, 0.5) is 0 Å². The highest BCUT2D eigenvalue weighted by molar-refractivity contribution is 14.1. The first-order chi connectivity index (χ1) is 7.98. The van der Waals surface area contributed by atoms with E-state index in [-0.39, 0.29) is 5.41 Å². The molecule has 0 saturated heterocycles. The fraction of sp³-hybridized carbons (Fsp3) is 0.308. The average molecular weight is 341 g/mol. The number of hydrogen-bond donors (Lipinski definition) is 0. The van der Waals surface area contributed by atoms with Crippen LogP contribution in [0.3, 0.4) is 0 Å². The third-order valence-corrected chi connectivity index (χ3v) is 3.68. The van der Waals surface area contributed by atoms with E-state index in [0.29, 0.717) is 0 Å². The average Bonchev–Trinajstić information content (AvgIpc) is 2.81. The molecule has 3 rings (SSSR count). The summed E-state index contributed by atoms with van der Waals surface area (Å²) in [5, 5.41) is 6.12. The minimum Gasteiger partial charge on any atom is -0.463 e. The van der Waals surface area contributed by atoms with Gasteiger partial charge in [-0.05, 0) is 45.7 Å². The molecule has 17 heavy (non-hydrogen) atoms. The van der Waals surface area contributed by atoms with Crippen molar-refractivity contribution in [2.24, 2.45) is 0 Å². The van der Waals surface area contributed by atoms with Gasteiger partial charge < -0.3 is 8.94 Å². The zero-order chi connectivity index (χ0) is 12.2. The minimum absolute atomic E-state index is 0.0501. The maximum absolute atomic E-state index is 5.60. The third kappa shape index (κ3) is 1.57. The number of halogens is 1. The van der Waals surface area contributed by atoms with Crippen LogP contribution >= 0.6 is 22.6 Å². The predicted molar refractivity (Wildman–Crippen MR) is 75.2 cm³/mol. The van der Waals surface area contributed by atoms with Gasteiger partial charge in [-0.15, -0.1) is 0 Å². The lowest BCUT2D eigenvalue weighted by atomic mass is 9.84. The SMILES string of the molecule is CC(C)(C)c1cc2onc(I)c2c2occc12. The second kappa shape index (κ2) is 3.48. The molecule has 3 aromatic rings. The number of fused-ring (bicyclic) bond motifs is 3. The van der Waals surface area contributed by atoms with Crippen molar-refractivity contribution in [1.29, 1.82) is 0 Å². The summed E-state index contributed by atoms with van der Waals surface area (Å²) in [6.45, 7) is 6.55. The number of nitrogens with zero attached hydrogens (tertiary/aromatic N) is 1. The van der Waals surface area contributed by atoms with Crippen molar-refractivity contribution in [2.75, 3.05) is 0 Å². The molecule has 0 atom stereocenters. The molecule has 0 fully saturated rings. The highest BCUT2D eigenvalue weighted by Gasteiger charge is 2.22. The van der Waals surface area contributed by atoms with Gasteiger partial charge >= 0.3 is 0 Å². The lowest BCUT2D eigenvalue weighted by Gasteiger charge is -2.19. The van der Waals surface area contributed by atoms with Crippen LogP contribution in [0.15, 0.2) is 27.3 Å². The van der Waals surface area contributed by atoms with E-state index in [9.17, 15) is 0 Å². The molecule has 0 N–H and O–H groups in total. The molecule has 0 saturated carbocycles. The Morgan fingerprint density at radius 3 is 2.76 bits per heavy atom. The first-order valence-corrected chi connectivity index (χ1v) is 6.52. The monoisotopic (exact) mass is 341 g/mol. The van der Waals surface area contributed by atoms with E-state index in [1.165, 1.54) is 5.56 Å². The highest BCUT2D eigenvalue weighted by Crippen LogP contribution is 2.37. The summed E-state index contributed by atoms with van der Waals surface area (Å²) in [4.78, 5) is 0. The summed E-state index contributed by atoms with van der Waals surface area (Å²) in [5.41, 5.74) is 2.94. The molecule has 0 bridgehead atoms. The molecule has 0 aliphatic carbocycles. The van der Waals surface area contributed by atoms with E-state index in [0.717, 1.165) is 25.6 Å². The Bertz CT molecular complexity index is 703. The van der Waals surface area contributed by atoms with E-state index in [1.807, 2.05) is 6.07 Å². The van der Waals surface area contributed by atoms with Gasteiger partial charge in [0, 0.05) is 5.39 Å². The first-order valence-electron chi connectivity index (χ1n) is 5.44. The Labute approximate surface area is 112 Å². The zero-order valence-corrected chi connectivity index (χ0v) is 12.0. The van der Waals surface area contributed by atoms with Crippen molar-refractivity contribution in [2.45, 2.75) is 26.2 Å². The van der Waals surface area contributed by atoms with Crippen molar-refractivity contribution in [1.82, 2.24) is 5.16 Å². The van der Waals surface area contributed by atoms with Gasteiger partial charge in [0.2, 0.25) is 0 Å². The van der Waals surface area contributed by atoms with Crippen molar-refractivity contribution >= 4 is 44.5 Å². The Morgan fingerprint density at radius 2 is 2.06 bits per heavy atom. The Kier molecular flexibility index (Phi) is 2.26. The van der Waals surface area contributed by atoms with Crippen LogP contribution in [-0.2, 0) is 5.41 Å². The van der Waals surface area contributed by atoms with Crippen LogP contribution in [0.25, 0.3) is 21.9 Å². The van der Waals surface area contributed by atoms with E-state index in [1.54, 1.807) is 6.26 Å². The van der Waals surface area contributed by atoms with E-state index in [4.69, 9.17) is 8.94 Å². The van der Waals surface area contributed by atoms with Crippen LogP contribution in [0, 0.1) is 3.70 Å². The van der Waals surface area contributed by atoms with Crippen molar-refractivity contribution in [3.8, 4) is 0 Å². The van der Waals surface area contributed by atoms with Crippen LogP contribution < -0.4 is 0 Å². The molecule has 1 aromatic carbocycles. The van der Waals surface area contributed by atoms with Gasteiger partial charge in [0.05, 0.1) is 11.6 Å². The molecule has 88 valence electrons. The largest absolute Gasteiger partial charge is 0.463 e. The van der Waals surface area contributed by atoms with E-state index >= 15 is 0 Å². The first kappa shape index (κ1) is 11.1. The summed E-state index contributed by atoms with van der Waals surface area (Å²) in [6.07, 6.45) is 1.72. The molecule has 0 amide bonds. The van der Waals surface area contributed by atoms with Gasteiger partial charge in [0.15, 0.2) is 9.28 Å². The molecule has 2 aromatic heterocycles. The molecule has 0 aliphatic rings. The van der Waals surface area contributed by atoms with Crippen LogP contribution in [0.5, 0.6) is 0 Å². The second-order valence-electron chi connectivity index (χ2n) is 5.18. The summed E-state index contributed by atoms with van der Waals surface area (Å²) in [7, 11) is 0. The van der Waals surface area contributed by atoms with Crippen LogP contribution in [-0.4, -0.2) is 5.16 Å². The number of hydrogen-bond acceptors (Lipinski definition) is 3. The fourth-order valence-corrected chi connectivity index (χ4v) is 2.74. The Balaban J connectivity index is 2.54. The van der Waals surface area contributed by atoms with Gasteiger partial charge in [-0.25, -0.2) is 0 Å². The third-order valence-electron chi connectivity index (χ3n) is 2.94. The normalized spacial score (nSPS) is 12.7. The van der Waals surface area contributed by atoms with Crippen molar-refractivity contribution < 1.29 is 8.94 Å². The minimum atomic E-state index is 0.0501. The molecular formula is C13H12INO2. The molecule has 0 unspecified atom stereocenters. The molecule has 4 heteroatoms. The molecule has 0 spiro atoms. The van der Waals surface area contributed by atoms with Gasteiger partial charge in [-0.3, -0.25) is 0 Å². The van der Waals surface area contributed by atoms with Gasteiger partial charge in [-0.1, -0.05) is 25.9 Å². The van der Waals surface area contributed by atoms with Crippen LogP contribution in [0.2, 0.25) is 0 Å². The molecule has 0 aliphatic heterocycles. The number of aromatic nitrogens is 1. The summed E-state index contributed by atoms with van der Waals surface area (Å²) < 4.78 is 11.8. The highest BCUT2D eigenvalue weighted by atomic mass is 127. The fourth-order valence-electron chi connectivity index (χ4n) is 2.13. The maximum atomic E-state index is 5.60. The number of rotatable bonds is 0. The molecule has 3 nitrogen and oxygen atoms in total. The smallest absolute Gasteiger partial charge is 0.172 e. The Hall–Kier alpha value is -1.04. The second-order valence-corrected chi connectivity index (χ2v) is 6.21.